The fourth-order valence-corrected chi connectivity index (χ4v) is 3.77. The van der Waals surface area contributed by atoms with E-state index in [1.807, 2.05) is 12.1 Å². The second-order valence-electron chi connectivity index (χ2n) is 6.63. The van der Waals surface area contributed by atoms with Crippen molar-refractivity contribution in [2.24, 2.45) is 0 Å². The van der Waals surface area contributed by atoms with Gasteiger partial charge in [-0.25, -0.2) is 4.39 Å². The zero-order chi connectivity index (χ0) is 15.4. The summed E-state index contributed by atoms with van der Waals surface area (Å²) in [6.45, 7) is 4.63. The minimum atomic E-state index is -0.0811. The highest BCUT2D eigenvalue weighted by Crippen LogP contribution is 2.23. The van der Waals surface area contributed by atoms with Gasteiger partial charge in [-0.05, 0) is 45.3 Å². The molecule has 1 aromatic rings. The molecule has 3 nitrogen and oxygen atoms in total. The lowest BCUT2D eigenvalue weighted by atomic mass is 9.99. The highest BCUT2D eigenvalue weighted by Gasteiger charge is 2.28. The molecule has 2 fully saturated rings. The van der Waals surface area contributed by atoms with Crippen LogP contribution in [0.3, 0.4) is 0 Å². The van der Waals surface area contributed by atoms with Gasteiger partial charge in [-0.15, -0.1) is 0 Å². The topological polar surface area (TPSA) is 15.7 Å². The molecule has 1 aromatic carbocycles. The van der Waals surface area contributed by atoms with Gasteiger partial charge >= 0.3 is 0 Å². The van der Waals surface area contributed by atoms with E-state index in [2.05, 4.69) is 16.8 Å². The zero-order valence-corrected chi connectivity index (χ0v) is 13.5. The Morgan fingerprint density at radius 3 is 2.73 bits per heavy atom. The predicted molar refractivity (Wildman–Crippen MR) is 86.3 cm³/mol. The molecule has 1 atom stereocenters. The van der Waals surface area contributed by atoms with Crippen LogP contribution in [0.5, 0.6) is 0 Å². The van der Waals surface area contributed by atoms with Crippen LogP contribution in [0, 0.1) is 5.82 Å². The quantitative estimate of drug-likeness (QED) is 0.851. The van der Waals surface area contributed by atoms with E-state index in [1.165, 1.54) is 12.8 Å². The molecule has 2 heterocycles. The standard InChI is InChI=1S/C18H27FN2O/c1-20(16-8-11-22-12-9-16)17-6-4-10-21(14-17)13-15-5-2-3-7-18(15)19/h2-3,5,7,16-17H,4,6,8-14H2,1H3/t17-/m1/s1. The summed E-state index contributed by atoms with van der Waals surface area (Å²) in [4.78, 5) is 4.96. The smallest absolute Gasteiger partial charge is 0.127 e. The Morgan fingerprint density at radius 2 is 1.95 bits per heavy atom. The summed E-state index contributed by atoms with van der Waals surface area (Å²) < 4.78 is 19.3. The van der Waals surface area contributed by atoms with E-state index in [-0.39, 0.29) is 5.82 Å². The number of rotatable bonds is 4. The van der Waals surface area contributed by atoms with Gasteiger partial charge in [0.15, 0.2) is 0 Å². The summed E-state index contributed by atoms with van der Waals surface area (Å²) >= 11 is 0. The van der Waals surface area contributed by atoms with Crippen molar-refractivity contribution >= 4 is 0 Å². The van der Waals surface area contributed by atoms with Crippen molar-refractivity contribution in [3.63, 3.8) is 0 Å². The van der Waals surface area contributed by atoms with Crippen molar-refractivity contribution in [1.29, 1.82) is 0 Å². The van der Waals surface area contributed by atoms with E-state index in [0.29, 0.717) is 12.1 Å². The molecule has 0 bridgehead atoms. The molecule has 0 spiro atoms. The fourth-order valence-electron chi connectivity index (χ4n) is 3.77. The van der Waals surface area contributed by atoms with Crippen LogP contribution in [0.4, 0.5) is 4.39 Å². The molecular formula is C18H27FN2O. The summed E-state index contributed by atoms with van der Waals surface area (Å²) in [5.41, 5.74) is 0.817. The minimum absolute atomic E-state index is 0.0811. The van der Waals surface area contributed by atoms with Crippen LogP contribution < -0.4 is 0 Å². The number of likely N-dealkylation sites (tertiary alicyclic amines) is 1. The Kier molecular flexibility index (Phi) is 5.45. The highest BCUT2D eigenvalue weighted by molar-refractivity contribution is 5.17. The average Bonchev–Trinajstić information content (AvgIpc) is 2.57. The third-order valence-electron chi connectivity index (χ3n) is 5.18. The van der Waals surface area contributed by atoms with Crippen LogP contribution in [0.15, 0.2) is 24.3 Å². The van der Waals surface area contributed by atoms with Crippen molar-refractivity contribution in [3.05, 3.63) is 35.6 Å². The van der Waals surface area contributed by atoms with Crippen LogP contribution in [0.25, 0.3) is 0 Å². The van der Waals surface area contributed by atoms with Gasteiger partial charge in [0, 0.05) is 44.0 Å². The third-order valence-corrected chi connectivity index (χ3v) is 5.18. The number of piperidine rings is 1. The molecule has 0 saturated carbocycles. The largest absolute Gasteiger partial charge is 0.381 e. The first-order valence-electron chi connectivity index (χ1n) is 8.49. The van der Waals surface area contributed by atoms with Gasteiger partial charge in [-0.1, -0.05) is 18.2 Å². The number of nitrogens with zero attached hydrogens (tertiary/aromatic N) is 2. The van der Waals surface area contributed by atoms with E-state index in [1.54, 1.807) is 12.1 Å². The monoisotopic (exact) mass is 306 g/mol. The number of hydrogen-bond acceptors (Lipinski definition) is 3. The summed E-state index contributed by atoms with van der Waals surface area (Å²) in [6, 6.07) is 8.38. The average molecular weight is 306 g/mol. The van der Waals surface area contributed by atoms with Crippen LogP contribution >= 0.6 is 0 Å². The number of likely N-dealkylation sites (N-methyl/N-ethyl adjacent to an activating group) is 1. The Bertz CT molecular complexity index is 476. The first-order valence-corrected chi connectivity index (χ1v) is 8.49. The molecule has 0 unspecified atom stereocenters. The number of halogens is 1. The second kappa shape index (κ2) is 7.53. The molecule has 3 rings (SSSR count). The maximum Gasteiger partial charge on any atom is 0.127 e. The lowest BCUT2D eigenvalue weighted by Gasteiger charge is -2.42. The lowest BCUT2D eigenvalue weighted by Crippen LogP contribution is -2.50. The van der Waals surface area contributed by atoms with Crippen molar-refractivity contribution in [2.75, 3.05) is 33.4 Å². The fraction of sp³-hybridized carbons (Fsp3) is 0.667. The molecule has 0 radical (unpaired) electrons. The van der Waals surface area contributed by atoms with Crippen molar-refractivity contribution in [1.82, 2.24) is 9.80 Å². The normalized spacial score (nSPS) is 24.8. The van der Waals surface area contributed by atoms with Crippen molar-refractivity contribution in [3.8, 4) is 0 Å². The van der Waals surface area contributed by atoms with Crippen molar-refractivity contribution < 1.29 is 9.13 Å². The van der Waals surface area contributed by atoms with E-state index >= 15 is 0 Å². The number of ether oxygens (including phenoxy) is 1. The van der Waals surface area contributed by atoms with E-state index in [4.69, 9.17) is 4.74 Å². The number of benzene rings is 1. The molecular weight excluding hydrogens is 279 g/mol. The van der Waals surface area contributed by atoms with Crippen LogP contribution in [-0.4, -0.2) is 55.2 Å². The highest BCUT2D eigenvalue weighted by atomic mass is 19.1. The van der Waals surface area contributed by atoms with Gasteiger partial charge in [0.1, 0.15) is 5.82 Å². The zero-order valence-electron chi connectivity index (χ0n) is 13.5. The molecule has 2 aliphatic heterocycles. The molecule has 22 heavy (non-hydrogen) atoms. The molecule has 2 aliphatic rings. The Hall–Kier alpha value is -0.970. The van der Waals surface area contributed by atoms with Gasteiger partial charge in [0.25, 0.3) is 0 Å². The van der Waals surface area contributed by atoms with Crippen molar-refractivity contribution in [2.45, 2.75) is 44.3 Å². The molecule has 122 valence electrons. The number of hydrogen-bond donors (Lipinski definition) is 0. The summed E-state index contributed by atoms with van der Waals surface area (Å²) in [6.07, 6.45) is 4.73. The Morgan fingerprint density at radius 1 is 1.18 bits per heavy atom. The van der Waals surface area contributed by atoms with Crippen LogP contribution in [0.2, 0.25) is 0 Å². The molecule has 0 N–H and O–H groups in total. The van der Waals surface area contributed by atoms with Gasteiger partial charge < -0.3 is 4.74 Å². The Balaban J connectivity index is 1.58. The second-order valence-corrected chi connectivity index (χ2v) is 6.63. The maximum atomic E-state index is 13.8. The minimum Gasteiger partial charge on any atom is -0.381 e. The van der Waals surface area contributed by atoms with Gasteiger partial charge in [-0.2, -0.15) is 0 Å². The maximum absolute atomic E-state index is 13.8. The summed E-state index contributed by atoms with van der Waals surface area (Å²) in [5.74, 6) is -0.0811. The van der Waals surface area contributed by atoms with Crippen LogP contribution in [0.1, 0.15) is 31.2 Å². The molecule has 0 aromatic heterocycles. The molecule has 2 saturated heterocycles. The third kappa shape index (κ3) is 3.86. The predicted octanol–water partition coefficient (Wildman–Crippen LogP) is 2.90. The Labute approximate surface area is 133 Å². The summed E-state index contributed by atoms with van der Waals surface area (Å²) in [5, 5.41) is 0. The van der Waals surface area contributed by atoms with Gasteiger partial charge in [0.2, 0.25) is 0 Å². The lowest BCUT2D eigenvalue weighted by molar-refractivity contribution is 0.0108. The summed E-state index contributed by atoms with van der Waals surface area (Å²) in [7, 11) is 2.26. The first-order chi connectivity index (χ1) is 10.7. The van der Waals surface area contributed by atoms with E-state index in [0.717, 1.165) is 51.3 Å². The van der Waals surface area contributed by atoms with E-state index < -0.39 is 0 Å². The van der Waals surface area contributed by atoms with E-state index in [9.17, 15) is 4.39 Å². The first kappa shape index (κ1) is 15.9. The molecule has 0 amide bonds. The molecule has 4 heteroatoms. The molecule has 0 aliphatic carbocycles. The van der Waals surface area contributed by atoms with Crippen LogP contribution in [-0.2, 0) is 11.3 Å². The SMILES string of the molecule is CN(C1CCOCC1)[C@@H]1CCCN(Cc2ccccc2F)C1. The van der Waals surface area contributed by atoms with Gasteiger partial charge in [0.05, 0.1) is 0 Å². The van der Waals surface area contributed by atoms with Gasteiger partial charge in [-0.3, -0.25) is 9.80 Å².